The largest absolute Gasteiger partial charge is 0.472 e. The van der Waals surface area contributed by atoms with Gasteiger partial charge in [0, 0.05) is 25.4 Å². The minimum atomic E-state index is 0.0806. The van der Waals surface area contributed by atoms with Crippen molar-refractivity contribution in [3.8, 4) is 0 Å². The molecule has 2 aromatic rings. The first-order chi connectivity index (χ1) is 10.8. The molecule has 2 unspecified atom stereocenters. The van der Waals surface area contributed by atoms with Crippen LogP contribution in [0.15, 0.2) is 23.0 Å². The summed E-state index contributed by atoms with van der Waals surface area (Å²) in [5.74, 6) is 2.17. The predicted octanol–water partition coefficient (Wildman–Crippen LogP) is 2.05. The Morgan fingerprint density at radius 2 is 2.23 bits per heavy atom. The van der Waals surface area contributed by atoms with E-state index in [1.807, 2.05) is 0 Å². The van der Waals surface area contributed by atoms with Crippen molar-refractivity contribution in [2.24, 2.45) is 0 Å². The van der Waals surface area contributed by atoms with Crippen molar-refractivity contribution >= 4 is 5.91 Å². The zero-order chi connectivity index (χ0) is 15.1. The Labute approximate surface area is 129 Å². The molecule has 0 aromatic carbocycles. The number of nitrogens with zero attached hydrogens (tertiary/aromatic N) is 4. The predicted molar refractivity (Wildman–Crippen MR) is 79.4 cm³/mol. The first kappa shape index (κ1) is 13.5. The van der Waals surface area contributed by atoms with Crippen molar-refractivity contribution in [1.29, 1.82) is 0 Å². The van der Waals surface area contributed by atoms with Gasteiger partial charge in [-0.1, -0.05) is 6.92 Å². The second-order valence-electron chi connectivity index (χ2n) is 6.21. The number of amides is 1. The Balaban J connectivity index is 1.65. The van der Waals surface area contributed by atoms with E-state index < -0.39 is 0 Å². The fourth-order valence-electron chi connectivity index (χ4n) is 3.77. The molecule has 2 bridgehead atoms. The lowest BCUT2D eigenvalue weighted by molar-refractivity contribution is 0.0664. The summed E-state index contributed by atoms with van der Waals surface area (Å²) in [5, 5.41) is 8.71. The Morgan fingerprint density at radius 3 is 3.00 bits per heavy atom. The highest BCUT2D eigenvalue weighted by Gasteiger charge is 2.41. The number of carbonyl (C=O) groups is 1. The highest BCUT2D eigenvalue weighted by Crippen LogP contribution is 2.32. The van der Waals surface area contributed by atoms with Crippen LogP contribution in [0, 0.1) is 0 Å². The van der Waals surface area contributed by atoms with Crippen LogP contribution in [0.2, 0.25) is 0 Å². The van der Waals surface area contributed by atoms with Crippen molar-refractivity contribution in [1.82, 2.24) is 19.7 Å². The van der Waals surface area contributed by atoms with Crippen molar-refractivity contribution in [3.63, 3.8) is 0 Å². The minimum Gasteiger partial charge on any atom is -0.472 e. The number of aryl methyl sites for hydroxylation is 1. The van der Waals surface area contributed by atoms with Gasteiger partial charge in [0.05, 0.1) is 17.9 Å². The molecule has 116 valence electrons. The SMILES string of the molecule is CCCc1nnc2n1CC1CCC(C2)N1C(=O)c1ccoc1. The Hall–Kier alpha value is -2.11. The number of carbonyl (C=O) groups excluding carboxylic acids is 1. The lowest BCUT2D eigenvalue weighted by Crippen LogP contribution is -2.42. The van der Waals surface area contributed by atoms with E-state index in [2.05, 4.69) is 26.6 Å². The maximum absolute atomic E-state index is 12.8. The number of fused-ring (bicyclic) bond motifs is 3. The molecular formula is C16H20N4O2. The number of hydrogen-bond donors (Lipinski definition) is 0. The van der Waals surface area contributed by atoms with Gasteiger partial charge in [0.1, 0.15) is 17.9 Å². The quantitative estimate of drug-likeness (QED) is 0.870. The van der Waals surface area contributed by atoms with Gasteiger partial charge in [-0.3, -0.25) is 4.79 Å². The topological polar surface area (TPSA) is 64.2 Å². The van der Waals surface area contributed by atoms with E-state index in [-0.39, 0.29) is 18.0 Å². The molecule has 0 saturated carbocycles. The summed E-state index contributed by atoms with van der Waals surface area (Å²) in [7, 11) is 0. The number of hydrogen-bond acceptors (Lipinski definition) is 4. The zero-order valence-corrected chi connectivity index (χ0v) is 12.7. The molecule has 6 heteroatoms. The van der Waals surface area contributed by atoms with Gasteiger partial charge in [-0.05, 0) is 25.3 Å². The van der Waals surface area contributed by atoms with Gasteiger partial charge in [-0.25, -0.2) is 0 Å². The van der Waals surface area contributed by atoms with Crippen molar-refractivity contribution in [3.05, 3.63) is 35.8 Å². The Bertz CT molecular complexity index is 676. The minimum absolute atomic E-state index is 0.0806. The summed E-state index contributed by atoms with van der Waals surface area (Å²) in [6.07, 6.45) is 8.00. The highest BCUT2D eigenvalue weighted by atomic mass is 16.3. The maximum atomic E-state index is 12.8. The van der Waals surface area contributed by atoms with E-state index in [0.717, 1.165) is 50.3 Å². The van der Waals surface area contributed by atoms with E-state index in [9.17, 15) is 4.79 Å². The Morgan fingerprint density at radius 1 is 1.36 bits per heavy atom. The lowest BCUT2D eigenvalue weighted by atomic mass is 10.1. The second-order valence-corrected chi connectivity index (χ2v) is 6.21. The zero-order valence-electron chi connectivity index (χ0n) is 12.7. The van der Waals surface area contributed by atoms with Crippen LogP contribution in [0.1, 0.15) is 48.2 Å². The van der Waals surface area contributed by atoms with Gasteiger partial charge < -0.3 is 13.9 Å². The summed E-state index contributed by atoms with van der Waals surface area (Å²) in [6.45, 7) is 2.97. The average Bonchev–Trinajstić information content (AvgIpc) is 3.20. The third kappa shape index (κ3) is 2.05. The molecule has 4 heterocycles. The Kier molecular flexibility index (Phi) is 3.24. The summed E-state index contributed by atoms with van der Waals surface area (Å²) in [5.41, 5.74) is 0.642. The van der Waals surface area contributed by atoms with E-state index >= 15 is 0 Å². The molecule has 2 atom stereocenters. The van der Waals surface area contributed by atoms with Crippen LogP contribution < -0.4 is 0 Å². The fourth-order valence-corrected chi connectivity index (χ4v) is 3.77. The summed E-state index contributed by atoms with van der Waals surface area (Å²) >= 11 is 0. The molecule has 1 fully saturated rings. The van der Waals surface area contributed by atoms with Gasteiger partial charge in [0.25, 0.3) is 5.91 Å². The normalized spacial score (nSPS) is 23.4. The molecule has 2 aromatic heterocycles. The average molecular weight is 300 g/mol. The fraction of sp³-hybridized carbons (Fsp3) is 0.562. The molecule has 6 nitrogen and oxygen atoms in total. The third-order valence-corrected chi connectivity index (χ3v) is 4.81. The van der Waals surface area contributed by atoms with Crippen molar-refractivity contribution in [2.45, 2.75) is 57.7 Å². The van der Waals surface area contributed by atoms with Crippen LogP contribution in [0.4, 0.5) is 0 Å². The lowest BCUT2D eigenvalue weighted by Gasteiger charge is -2.27. The highest BCUT2D eigenvalue weighted by molar-refractivity contribution is 5.94. The van der Waals surface area contributed by atoms with Crippen molar-refractivity contribution < 1.29 is 9.21 Å². The van der Waals surface area contributed by atoms with E-state index in [4.69, 9.17) is 4.42 Å². The molecule has 0 N–H and O–H groups in total. The molecule has 1 saturated heterocycles. The van der Waals surface area contributed by atoms with Crippen LogP contribution in [0.3, 0.4) is 0 Å². The standard InChI is InChI=1S/C16H20N4O2/c1-2-3-14-17-18-15-8-12-4-5-13(9-19(14)15)20(12)16(21)11-6-7-22-10-11/h6-7,10,12-13H,2-5,8-9H2,1H3. The van der Waals surface area contributed by atoms with Gasteiger partial charge in [-0.2, -0.15) is 0 Å². The molecule has 2 aliphatic rings. The first-order valence-electron chi connectivity index (χ1n) is 8.03. The third-order valence-electron chi connectivity index (χ3n) is 4.81. The molecule has 0 radical (unpaired) electrons. The van der Waals surface area contributed by atoms with Gasteiger partial charge in [0.15, 0.2) is 0 Å². The number of furan rings is 1. The van der Waals surface area contributed by atoms with E-state index in [1.165, 1.54) is 6.26 Å². The second kappa shape index (κ2) is 5.26. The van der Waals surface area contributed by atoms with Gasteiger partial charge in [-0.15, -0.1) is 10.2 Å². The van der Waals surface area contributed by atoms with E-state index in [1.54, 1.807) is 12.3 Å². The van der Waals surface area contributed by atoms with Crippen LogP contribution in [-0.4, -0.2) is 37.7 Å². The molecule has 0 aliphatic carbocycles. The monoisotopic (exact) mass is 300 g/mol. The molecule has 0 spiro atoms. The number of aromatic nitrogens is 3. The molecule has 22 heavy (non-hydrogen) atoms. The summed E-state index contributed by atoms with van der Waals surface area (Å²) in [6, 6.07) is 2.21. The number of rotatable bonds is 3. The summed E-state index contributed by atoms with van der Waals surface area (Å²) in [4.78, 5) is 14.8. The molecule has 4 rings (SSSR count). The smallest absolute Gasteiger partial charge is 0.257 e. The van der Waals surface area contributed by atoms with Crippen LogP contribution >= 0.6 is 0 Å². The van der Waals surface area contributed by atoms with Gasteiger partial charge in [0.2, 0.25) is 0 Å². The van der Waals surface area contributed by atoms with E-state index in [0.29, 0.717) is 5.56 Å². The first-order valence-corrected chi connectivity index (χ1v) is 8.03. The van der Waals surface area contributed by atoms with Crippen molar-refractivity contribution in [2.75, 3.05) is 0 Å². The van der Waals surface area contributed by atoms with Crippen LogP contribution in [0.25, 0.3) is 0 Å². The van der Waals surface area contributed by atoms with Gasteiger partial charge >= 0.3 is 0 Å². The maximum Gasteiger partial charge on any atom is 0.257 e. The van der Waals surface area contributed by atoms with Crippen LogP contribution in [-0.2, 0) is 19.4 Å². The molecule has 2 aliphatic heterocycles. The summed E-state index contributed by atoms with van der Waals surface area (Å²) < 4.78 is 7.31. The van der Waals surface area contributed by atoms with Crippen LogP contribution in [0.5, 0.6) is 0 Å². The molecule has 1 amide bonds. The molecular weight excluding hydrogens is 280 g/mol.